The van der Waals surface area contributed by atoms with Gasteiger partial charge in [0, 0.05) is 13.0 Å². The lowest BCUT2D eigenvalue weighted by Gasteiger charge is -2.14. The second-order valence-corrected chi connectivity index (χ2v) is 3.84. The van der Waals surface area contributed by atoms with Crippen molar-refractivity contribution in [2.45, 2.75) is 26.2 Å². The van der Waals surface area contributed by atoms with Crippen molar-refractivity contribution in [2.24, 2.45) is 16.8 Å². The van der Waals surface area contributed by atoms with Crippen LogP contribution in [-0.2, 0) is 11.2 Å². The highest BCUT2D eigenvalue weighted by molar-refractivity contribution is 6.01. The summed E-state index contributed by atoms with van der Waals surface area (Å²) in [6, 6.07) is 0. The summed E-state index contributed by atoms with van der Waals surface area (Å²) in [4.78, 5) is 15.8. The molecule has 0 aliphatic rings. The summed E-state index contributed by atoms with van der Waals surface area (Å²) in [6.07, 6.45) is 3.29. The van der Waals surface area contributed by atoms with Gasteiger partial charge in [0.25, 0.3) is 0 Å². The first-order chi connectivity index (χ1) is 8.69. The van der Waals surface area contributed by atoms with Crippen LogP contribution in [0.5, 0.6) is 0 Å². The Kier molecular flexibility index (Phi) is 5.62. The second-order valence-electron chi connectivity index (χ2n) is 3.84. The van der Waals surface area contributed by atoms with Gasteiger partial charge in [-0.25, -0.2) is 4.98 Å². The lowest BCUT2D eigenvalue weighted by atomic mass is 10.0. The molecule has 0 aliphatic heterocycles. The quantitative estimate of drug-likeness (QED) is 0.228. The van der Waals surface area contributed by atoms with E-state index in [1.807, 2.05) is 6.92 Å². The van der Waals surface area contributed by atoms with Crippen LogP contribution < -0.4 is 11.1 Å². The molecule has 1 aromatic rings. The number of nitrogens with zero attached hydrogens (tertiary/aromatic N) is 3. The van der Waals surface area contributed by atoms with Crippen molar-refractivity contribution < 1.29 is 10.0 Å². The second kappa shape index (κ2) is 7.25. The Bertz CT molecular complexity index is 389. The lowest BCUT2D eigenvalue weighted by molar-refractivity contribution is -0.123. The number of aromatic nitrogens is 3. The van der Waals surface area contributed by atoms with Gasteiger partial charge in [0.15, 0.2) is 5.84 Å². The molecular formula is C10H18N6O2. The van der Waals surface area contributed by atoms with Gasteiger partial charge in [0.1, 0.15) is 12.2 Å². The molecule has 0 saturated heterocycles. The summed E-state index contributed by atoms with van der Waals surface area (Å²) in [7, 11) is 0. The molecule has 1 amide bonds. The zero-order chi connectivity index (χ0) is 13.4. The van der Waals surface area contributed by atoms with E-state index in [0.29, 0.717) is 25.2 Å². The van der Waals surface area contributed by atoms with Crippen LogP contribution in [-0.4, -0.2) is 38.7 Å². The summed E-state index contributed by atoms with van der Waals surface area (Å²) in [5.41, 5.74) is 5.48. The SMILES string of the molecule is CCCC(C(=O)NCCc1ncn[nH]1)C(N)=NO. The van der Waals surface area contributed by atoms with Crippen LogP contribution in [0.4, 0.5) is 0 Å². The molecule has 1 aromatic heterocycles. The first-order valence-electron chi connectivity index (χ1n) is 5.78. The molecule has 1 atom stereocenters. The minimum atomic E-state index is -0.588. The number of hydrogen-bond acceptors (Lipinski definition) is 5. The predicted molar refractivity (Wildman–Crippen MR) is 64.9 cm³/mol. The summed E-state index contributed by atoms with van der Waals surface area (Å²) in [5, 5.41) is 20.6. The number of nitrogens with two attached hydrogens (primary N) is 1. The molecule has 0 aliphatic carbocycles. The van der Waals surface area contributed by atoms with Gasteiger partial charge in [-0.2, -0.15) is 5.10 Å². The molecule has 1 unspecified atom stereocenters. The fraction of sp³-hybridized carbons (Fsp3) is 0.600. The Hall–Kier alpha value is -2.12. The highest BCUT2D eigenvalue weighted by Crippen LogP contribution is 2.06. The van der Waals surface area contributed by atoms with Gasteiger partial charge in [-0.15, -0.1) is 0 Å². The van der Waals surface area contributed by atoms with Crippen molar-refractivity contribution in [1.29, 1.82) is 0 Å². The number of carbonyl (C=O) groups is 1. The minimum Gasteiger partial charge on any atom is -0.409 e. The fourth-order valence-corrected chi connectivity index (χ4v) is 1.55. The van der Waals surface area contributed by atoms with Gasteiger partial charge >= 0.3 is 0 Å². The third kappa shape index (κ3) is 4.04. The molecule has 5 N–H and O–H groups in total. The minimum absolute atomic E-state index is 0.0611. The van der Waals surface area contributed by atoms with Gasteiger partial charge in [-0.3, -0.25) is 9.89 Å². The summed E-state index contributed by atoms with van der Waals surface area (Å²) >= 11 is 0. The number of amidine groups is 1. The van der Waals surface area contributed by atoms with Gasteiger partial charge in [0.05, 0.1) is 5.92 Å². The van der Waals surface area contributed by atoms with Crippen molar-refractivity contribution >= 4 is 11.7 Å². The molecule has 0 fully saturated rings. The van der Waals surface area contributed by atoms with E-state index in [2.05, 4.69) is 25.7 Å². The third-order valence-corrected chi connectivity index (χ3v) is 2.49. The van der Waals surface area contributed by atoms with E-state index in [-0.39, 0.29) is 11.7 Å². The van der Waals surface area contributed by atoms with Gasteiger partial charge in [0.2, 0.25) is 5.91 Å². The van der Waals surface area contributed by atoms with Crippen LogP contribution in [0.3, 0.4) is 0 Å². The van der Waals surface area contributed by atoms with E-state index in [1.54, 1.807) is 0 Å². The van der Waals surface area contributed by atoms with Crippen LogP contribution in [0.2, 0.25) is 0 Å². The number of hydrogen-bond donors (Lipinski definition) is 4. The summed E-state index contributed by atoms with van der Waals surface area (Å²) in [5.74, 6) is -0.193. The van der Waals surface area contributed by atoms with Crippen molar-refractivity contribution in [1.82, 2.24) is 20.5 Å². The van der Waals surface area contributed by atoms with E-state index in [1.165, 1.54) is 6.33 Å². The van der Waals surface area contributed by atoms with Crippen LogP contribution in [0.25, 0.3) is 0 Å². The Morgan fingerprint density at radius 3 is 3.06 bits per heavy atom. The number of carbonyl (C=O) groups excluding carboxylic acids is 1. The van der Waals surface area contributed by atoms with E-state index < -0.39 is 5.92 Å². The van der Waals surface area contributed by atoms with Gasteiger partial charge in [-0.05, 0) is 6.42 Å². The first kappa shape index (κ1) is 13.9. The predicted octanol–water partition coefficient (Wildman–Crippen LogP) is -0.374. The Labute approximate surface area is 105 Å². The molecule has 1 heterocycles. The van der Waals surface area contributed by atoms with Crippen molar-refractivity contribution in [3.05, 3.63) is 12.2 Å². The molecule has 0 saturated carbocycles. The third-order valence-electron chi connectivity index (χ3n) is 2.49. The number of aromatic amines is 1. The Balaban J connectivity index is 2.41. The number of H-pyrrole nitrogens is 1. The maximum Gasteiger partial charge on any atom is 0.230 e. The molecule has 0 bridgehead atoms. The number of amides is 1. The molecule has 100 valence electrons. The average molecular weight is 254 g/mol. The Morgan fingerprint density at radius 1 is 1.72 bits per heavy atom. The van der Waals surface area contributed by atoms with E-state index in [9.17, 15) is 4.79 Å². The smallest absolute Gasteiger partial charge is 0.230 e. The first-order valence-corrected chi connectivity index (χ1v) is 5.78. The highest BCUT2D eigenvalue weighted by atomic mass is 16.4. The Morgan fingerprint density at radius 2 is 2.50 bits per heavy atom. The summed E-state index contributed by atoms with van der Waals surface area (Å²) < 4.78 is 0. The monoisotopic (exact) mass is 254 g/mol. The molecular weight excluding hydrogens is 236 g/mol. The highest BCUT2D eigenvalue weighted by Gasteiger charge is 2.21. The number of rotatable bonds is 7. The zero-order valence-corrected chi connectivity index (χ0v) is 10.3. The molecule has 8 nitrogen and oxygen atoms in total. The van der Waals surface area contributed by atoms with Gasteiger partial charge < -0.3 is 16.3 Å². The fourth-order valence-electron chi connectivity index (χ4n) is 1.55. The van der Waals surface area contributed by atoms with Crippen LogP contribution in [0.1, 0.15) is 25.6 Å². The van der Waals surface area contributed by atoms with Crippen LogP contribution in [0, 0.1) is 5.92 Å². The van der Waals surface area contributed by atoms with Crippen molar-refractivity contribution in [2.75, 3.05) is 6.54 Å². The standard InChI is InChI=1S/C10H18N6O2/c1-2-3-7(9(11)16-18)10(17)12-5-4-8-13-6-14-15-8/h6-7,18H,2-5H2,1H3,(H2,11,16)(H,12,17)(H,13,14,15). The maximum atomic E-state index is 11.8. The van der Waals surface area contributed by atoms with E-state index in [0.717, 1.165) is 6.42 Å². The van der Waals surface area contributed by atoms with Gasteiger partial charge in [-0.1, -0.05) is 18.5 Å². The topological polar surface area (TPSA) is 129 Å². The zero-order valence-electron chi connectivity index (χ0n) is 10.3. The molecule has 0 aromatic carbocycles. The van der Waals surface area contributed by atoms with Crippen molar-refractivity contribution in [3.8, 4) is 0 Å². The largest absolute Gasteiger partial charge is 0.409 e. The van der Waals surface area contributed by atoms with Crippen LogP contribution >= 0.6 is 0 Å². The average Bonchev–Trinajstić information content (AvgIpc) is 2.88. The van der Waals surface area contributed by atoms with Crippen LogP contribution in [0.15, 0.2) is 11.5 Å². The molecule has 1 rings (SSSR count). The number of nitrogens with one attached hydrogen (secondary N) is 2. The maximum absolute atomic E-state index is 11.8. The summed E-state index contributed by atoms with van der Waals surface area (Å²) in [6.45, 7) is 2.35. The molecule has 0 spiro atoms. The normalized spacial score (nSPS) is 13.3. The number of oxime groups is 1. The molecule has 8 heteroatoms. The lowest BCUT2D eigenvalue weighted by Crippen LogP contribution is -2.39. The molecule has 18 heavy (non-hydrogen) atoms. The van der Waals surface area contributed by atoms with E-state index in [4.69, 9.17) is 10.9 Å². The van der Waals surface area contributed by atoms with E-state index >= 15 is 0 Å². The molecule has 0 radical (unpaired) electrons. The van der Waals surface area contributed by atoms with Crippen molar-refractivity contribution in [3.63, 3.8) is 0 Å².